The van der Waals surface area contributed by atoms with Crippen LogP contribution in [0.1, 0.15) is 42.9 Å². The van der Waals surface area contributed by atoms with Gasteiger partial charge in [-0.3, -0.25) is 0 Å². The molecule has 3 heteroatoms. The van der Waals surface area contributed by atoms with Crippen LogP contribution in [-0.4, -0.2) is 9.97 Å². The lowest BCUT2D eigenvalue weighted by atomic mass is 9.95. The quantitative estimate of drug-likeness (QED) is 0.846. The molecule has 1 aliphatic carbocycles. The van der Waals surface area contributed by atoms with Crippen molar-refractivity contribution in [1.29, 1.82) is 0 Å². The molecule has 2 aromatic rings. The number of aromatic amines is 1. The molecule has 1 saturated carbocycles. The summed E-state index contributed by atoms with van der Waals surface area (Å²) < 4.78 is 0. The van der Waals surface area contributed by atoms with Crippen molar-refractivity contribution in [3.8, 4) is 0 Å². The van der Waals surface area contributed by atoms with Crippen molar-refractivity contribution in [2.45, 2.75) is 31.2 Å². The lowest BCUT2D eigenvalue weighted by molar-refractivity contribution is 0.744. The van der Waals surface area contributed by atoms with E-state index in [9.17, 15) is 0 Å². The molecule has 3 N–H and O–H groups in total. The largest absolute Gasteiger partial charge is 0.344 e. The first kappa shape index (κ1) is 10.5. The summed E-state index contributed by atoms with van der Waals surface area (Å²) >= 11 is 0. The SMILES string of the molecule is CC(N)c1cnc(C2(c3ccccc3)CC2)[nH]1. The van der Waals surface area contributed by atoms with Crippen LogP contribution in [0.4, 0.5) is 0 Å². The number of benzene rings is 1. The third-order valence-electron chi connectivity index (χ3n) is 3.62. The predicted octanol–water partition coefficient (Wildman–Crippen LogP) is 2.51. The second-order valence-corrected chi connectivity index (χ2v) is 4.92. The summed E-state index contributed by atoms with van der Waals surface area (Å²) in [5.41, 5.74) is 8.35. The molecule has 3 nitrogen and oxygen atoms in total. The Labute approximate surface area is 101 Å². The molecule has 0 amide bonds. The third-order valence-corrected chi connectivity index (χ3v) is 3.62. The fourth-order valence-electron chi connectivity index (χ4n) is 2.35. The van der Waals surface area contributed by atoms with E-state index in [2.05, 4.69) is 40.3 Å². The zero-order chi connectivity index (χ0) is 11.9. The summed E-state index contributed by atoms with van der Waals surface area (Å²) in [4.78, 5) is 7.89. The van der Waals surface area contributed by atoms with Crippen LogP contribution in [-0.2, 0) is 5.41 Å². The van der Waals surface area contributed by atoms with Crippen LogP contribution >= 0.6 is 0 Å². The molecule has 1 fully saturated rings. The Kier molecular flexibility index (Phi) is 2.30. The highest BCUT2D eigenvalue weighted by Crippen LogP contribution is 2.52. The molecule has 0 saturated heterocycles. The number of hydrogen-bond acceptors (Lipinski definition) is 2. The standard InChI is InChI=1S/C14H17N3/c1-10(15)12-9-16-13(17-12)14(7-8-14)11-5-3-2-4-6-11/h2-6,9-10H,7-8,15H2,1H3,(H,16,17). The Hall–Kier alpha value is -1.61. The van der Waals surface area contributed by atoms with Crippen molar-refractivity contribution >= 4 is 0 Å². The van der Waals surface area contributed by atoms with Crippen molar-refractivity contribution in [2.24, 2.45) is 5.73 Å². The number of H-pyrrole nitrogens is 1. The van der Waals surface area contributed by atoms with Crippen LogP contribution in [0.3, 0.4) is 0 Å². The van der Waals surface area contributed by atoms with Crippen molar-refractivity contribution in [3.05, 3.63) is 53.6 Å². The molecule has 1 aromatic heterocycles. The number of hydrogen-bond donors (Lipinski definition) is 2. The Morgan fingerprint density at radius 2 is 2.00 bits per heavy atom. The van der Waals surface area contributed by atoms with Gasteiger partial charge in [0, 0.05) is 12.2 Å². The molecule has 0 radical (unpaired) electrons. The molecule has 1 aromatic carbocycles. The van der Waals surface area contributed by atoms with E-state index in [1.165, 1.54) is 18.4 Å². The van der Waals surface area contributed by atoms with Gasteiger partial charge in [-0.05, 0) is 25.3 Å². The maximum atomic E-state index is 5.86. The van der Waals surface area contributed by atoms with E-state index in [0.29, 0.717) is 0 Å². The van der Waals surface area contributed by atoms with Gasteiger partial charge in [-0.2, -0.15) is 0 Å². The van der Waals surface area contributed by atoms with Gasteiger partial charge < -0.3 is 10.7 Å². The average Bonchev–Trinajstić information content (AvgIpc) is 3.00. The first-order valence-corrected chi connectivity index (χ1v) is 6.09. The monoisotopic (exact) mass is 227 g/mol. The fourth-order valence-corrected chi connectivity index (χ4v) is 2.35. The van der Waals surface area contributed by atoms with Gasteiger partial charge in [0.25, 0.3) is 0 Å². The van der Waals surface area contributed by atoms with E-state index in [0.717, 1.165) is 11.5 Å². The molecule has 0 aliphatic heterocycles. The predicted molar refractivity (Wildman–Crippen MR) is 67.6 cm³/mol. The summed E-state index contributed by atoms with van der Waals surface area (Å²) in [6.07, 6.45) is 4.20. The number of nitrogens with two attached hydrogens (primary N) is 1. The number of nitrogens with one attached hydrogen (secondary N) is 1. The van der Waals surface area contributed by atoms with Gasteiger partial charge in [0.1, 0.15) is 5.82 Å². The lowest BCUT2D eigenvalue weighted by Crippen LogP contribution is -2.11. The van der Waals surface area contributed by atoms with Gasteiger partial charge in [0.15, 0.2) is 0 Å². The molecule has 0 spiro atoms. The van der Waals surface area contributed by atoms with E-state index < -0.39 is 0 Å². The number of rotatable bonds is 3. The molecular formula is C14H17N3. The Morgan fingerprint density at radius 3 is 2.53 bits per heavy atom. The van der Waals surface area contributed by atoms with E-state index in [4.69, 9.17) is 5.73 Å². The summed E-state index contributed by atoms with van der Waals surface area (Å²) in [6.45, 7) is 1.97. The smallest absolute Gasteiger partial charge is 0.116 e. The van der Waals surface area contributed by atoms with E-state index in [1.807, 2.05) is 13.1 Å². The van der Waals surface area contributed by atoms with Gasteiger partial charge in [0.05, 0.1) is 11.1 Å². The topological polar surface area (TPSA) is 54.7 Å². The number of aromatic nitrogens is 2. The number of imidazole rings is 1. The molecule has 3 rings (SSSR count). The first-order valence-electron chi connectivity index (χ1n) is 6.09. The Balaban J connectivity index is 1.98. The average molecular weight is 227 g/mol. The first-order chi connectivity index (χ1) is 8.22. The molecule has 88 valence electrons. The highest BCUT2D eigenvalue weighted by atomic mass is 15.0. The minimum absolute atomic E-state index is 0.0165. The maximum Gasteiger partial charge on any atom is 0.116 e. The van der Waals surface area contributed by atoms with Crippen LogP contribution in [0.2, 0.25) is 0 Å². The van der Waals surface area contributed by atoms with Gasteiger partial charge >= 0.3 is 0 Å². The summed E-state index contributed by atoms with van der Waals surface area (Å²) in [6, 6.07) is 10.6. The van der Waals surface area contributed by atoms with Crippen LogP contribution < -0.4 is 5.73 Å². The van der Waals surface area contributed by atoms with Gasteiger partial charge in [-0.15, -0.1) is 0 Å². The zero-order valence-corrected chi connectivity index (χ0v) is 9.98. The van der Waals surface area contributed by atoms with Crippen LogP contribution in [0.15, 0.2) is 36.5 Å². The van der Waals surface area contributed by atoms with Gasteiger partial charge in [-0.25, -0.2) is 4.98 Å². The molecule has 0 bridgehead atoms. The molecule has 1 unspecified atom stereocenters. The minimum atomic E-state index is 0.0165. The van der Waals surface area contributed by atoms with Crippen molar-refractivity contribution in [1.82, 2.24) is 9.97 Å². The van der Waals surface area contributed by atoms with Gasteiger partial charge in [0.2, 0.25) is 0 Å². The third kappa shape index (κ3) is 1.67. The second kappa shape index (κ2) is 3.70. The van der Waals surface area contributed by atoms with Crippen LogP contribution in [0, 0.1) is 0 Å². The number of nitrogens with zero attached hydrogens (tertiary/aromatic N) is 1. The maximum absolute atomic E-state index is 5.86. The van der Waals surface area contributed by atoms with Crippen molar-refractivity contribution < 1.29 is 0 Å². The lowest BCUT2D eigenvalue weighted by Gasteiger charge is -2.12. The summed E-state index contributed by atoms with van der Waals surface area (Å²) in [7, 11) is 0. The van der Waals surface area contributed by atoms with E-state index in [-0.39, 0.29) is 11.5 Å². The molecule has 1 atom stereocenters. The summed E-state index contributed by atoms with van der Waals surface area (Å²) in [5.74, 6) is 1.07. The fraction of sp³-hybridized carbons (Fsp3) is 0.357. The summed E-state index contributed by atoms with van der Waals surface area (Å²) in [5, 5.41) is 0. The van der Waals surface area contributed by atoms with Crippen molar-refractivity contribution in [2.75, 3.05) is 0 Å². The van der Waals surface area contributed by atoms with Crippen LogP contribution in [0.25, 0.3) is 0 Å². The zero-order valence-electron chi connectivity index (χ0n) is 9.98. The molecule has 1 heterocycles. The second-order valence-electron chi connectivity index (χ2n) is 4.92. The van der Waals surface area contributed by atoms with Crippen molar-refractivity contribution in [3.63, 3.8) is 0 Å². The van der Waals surface area contributed by atoms with E-state index in [1.54, 1.807) is 0 Å². The molecule has 17 heavy (non-hydrogen) atoms. The molecule has 1 aliphatic rings. The highest BCUT2D eigenvalue weighted by Gasteiger charge is 2.48. The molecular weight excluding hydrogens is 210 g/mol. The van der Waals surface area contributed by atoms with E-state index >= 15 is 0 Å². The minimum Gasteiger partial charge on any atom is -0.344 e. The van der Waals surface area contributed by atoms with Gasteiger partial charge in [-0.1, -0.05) is 30.3 Å². The Morgan fingerprint density at radius 1 is 1.29 bits per heavy atom. The highest BCUT2D eigenvalue weighted by molar-refractivity contribution is 5.39. The normalized spacial score (nSPS) is 18.9. The van der Waals surface area contributed by atoms with Crippen LogP contribution in [0.5, 0.6) is 0 Å². The Bertz CT molecular complexity index is 509.